The van der Waals surface area contributed by atoms with E-state index in [2.05, 4.69) is 4.74 Å². The van der Waals surface area contributed by atoms with Gasteiger partial charge in [0, 0.05) is 12.8 Å². The van der Waals surface area contributed by atoms with Gasteiger partial charge in [-0.15, -0.1) is 0 Å². The first-order valence-electron chi connectivity index (χ1n) is 9.39. The first kappa shape index (κ1) is 23.3. The van der Waals surface area contributed by atoms with Crippen LogP contribution in [0, 0.1) is 0 Å². The molecule has 0 aliphatic carbocycles. The molecule has 0 aromatic carbocycles. The normalized spacial score (nSPS) is 13.1. The molecule has 0 rings (SSSR count). The number of hydrogen-bond donors (Lipinski definition) is 1. The predicted octanol–water partition coefficient (Wildman–Crippen LogP) is 4.68. The van der Waals surface area contributed by atoms with Gasteiger partial charge in [0.15, 0.2) is 5.78 Å². The number of aliphatic hydroxyl groups is 1. The number of carbonyl (C=O) groups is 2. The summed E-state index contributed by atoms with van der Waals surface area (Å²) in [6.07, 6.45) is 19.0. The maximum Gasteiger partial charge on any atom is 0.305 e. The number of unbranched alkanes of at least 4 members (excludes halogenated alkanes) is 5. The Morgan fingerprint density at radius 2 is 1.52 bits per heavy atom. The molecule has 0 amide bonds. The molecule has 25 heavy (non-hydrogen) atoms. The molecule has 0 saturated carbocycles. The summed E-state index contributed by atoms with van der Waals surface area (Å²) in [5.41, 5.74) is 0. The lowest BCUT2D eigenvalue weighted by atomic mass is 10.1. The standard InChI is InChI=1S/C21H34O4/c1-3-14-19(22)15-11-8-9-12-17-20(23)16-10-6-4-5-7-13-18-21(24)25-2/h8-9,11-12,15,17,19,22H,3-7,10,13-14,16,18H2,1-2H3. The third-order valence-corrected chi connectivity index (χ3v) is 3.81. The molecule has 0 fully saturated rings. The molecule has 0 spiro atoms. The summed E-state index contributed by atoms with van der Waals surface area (Å²) >= 11 is 0. The molecule has 0 aromatic heterocycles. The number of aliphatic hydroxyl groups excluding tert-OH is 1. The maximum absolute atomic E-state index is 11.7. The smallest absolute Gasteiger partial charge is 0.305 e. The highest BCUT2D eigenvalue weighted by Gasteiger charge is 2.00. The van der Waals surface area contributed by atoms with Gasteiger partial charge in [-0.2, -0.15) is 0 Å². The van der Waals surface area contributed by atoms with Crippen LogP contribution in [0.3, 0.4) is 0 Å². The van der Waals surface area contributed by atoms with Crippen LogP contribution >= 0.6 is 0 Å². The quantitative estimate of drug-likeness (QED) is 0.202. The van der Waals surface area contributed by atoms with E-state index in [-0.39, 0.29) is 17.9 Å². The fourth-order valence-electron chi connectivity index (χ4n) is 2.34. The monoisotopic (exact) mass is 350 g/mol. The van der Waals surface area contributed by atoms with E-state index < -0.39 is 0 Å². The molecule has 0 radical (unpaired) electrons. The van der Waals surface area contributed by atoms with Gasteiger partial charge in [-0.3, -0.25) is 9.59 Å². The second-order valence-corrected chi connectivity index (χ2v) is 6.15. The summed E-state index contributed by atoms with van der Waals surface area (Å²) in [6, 6.07) is 0. The Hall–Kier alpha value is -1.68. The molecule has 0 aliphatic rings. The lowest BCUT2D eigenvalue weighted by Gasteiger charge is -2.01. The zero-order valence-electron chi connectivity index (χ0n) is 15.8. The number of methoxy groups -OCH3 is 1. The van der Waals surface area contributed by atoms with Crippen molar-refractivity contribution in [1.29, 1.82) is 0 Å². The Bertz CT molecular complexity index is 435. The maximum atomic E-state index is 11.7. The van der Waals surface area contributed by atoms with Gasteiger partial charge in [-0.1, -0.05) is 69.4 Å². The van der Waals surface area contributed by atoms with Gasteiger partial charge in [-0.05, 0) is 25.3 Å². The van der Waals surface area contributed by atoms with Gasteiger partial charge in [0.25, 0.3) is 0 Å². The minimum absolute atomic E-state index is 0.140. The van der Waals surface area contributed by atoms with Crippen LogP contribution in [-0.4, -0.2) is 30.1 Å². The van der Waals surface area contributed by atoms with Crippen LogP contribution in [0.25, 0.3) is 0 Å². The Labute approximate surface area is 152 Å². The SMILES string of the molecule is CCCC(O)C=CC=CC=CC(=O)CCCCCCCCC(=O)OC. The summed E-state index contributed by atoms with van der Waals surface area (Å²) in [7, 11) is 1.41. The average Bonchev–Trinajstić information content (AvgIpc) is 2.60. The Balaban J connectivity index is 3.59. The Morgan fingerprint density at radius 3 is 2.16 bits per heavy atom. The number of allylic oxidation sites excluding steroid dienone is 5. The average molecular weight is 350 g/mol. The molecule has 4 nitrogen and oxygen atoms in total. The fourth-order valence-corrected chi connectivity index (χ4v) is 2.34. The van der Waals surface area contributed by atoms with Crippen LogP contribution in [0.1, 0.15) is 71.1 Å². The molecule has 0 saturated heterocycles. The zero-order valence-corrected chi connectivity index (χ0v) is 15.8. The molecule has 1 N–H and O–H groups in total. The van der Waals surface area contributed by atoms with Crippen LogP contribution in [0.4, 0.5) is 0 Å². The van der Waals surface area contributed by atoms with Crippen molar-refractivity contribution in [2.24, 2.45) is 0 Å². The van der Waals surface area contributed by atoms with Gasteiger partial charge in [0.1, 0.15) is 0 Å². The summed E-state index contributed by atoms with van der Waals surface area (Å²) < 4.78 is 4.59. The minimum Gasteiger partial charge on any atom is -0.469 e. The molecule has 0 aromatic rings. The summed E-state index contributed by atoms with van der Waals surface area (Å²) in [6.45, 7) is 2.03. The van der Waals surface area contributed by atoms with Crippen LogP contribution < -0.4 is 0 Å². The van der Waals surface area contributed by atoms with E-state index in [9.17, 15) is 14.7 Å². The number of hydrogen-bond acceptors (Lipinski definition) is 4. The van der Waals surface area contributed by atoms with E-state index >= 15 is 0 Å². The predicted molar refractivity (Wildman–Crippen MR) is 102 cm³/mol. The summed E-state index contributed by atoms with van der Waals surface area (Å²) in [5, 5.41) is 9.50. The van der Waals surface area contributed by atoms with Gasteiger partial charge >= 0.3 is 5.97 Å². The number of rotatable bonds is 15. The van der Waals surface area contributed by atoms with Crippen LogP contribution in [0.2, 0.25) is 0 Å². The molecule has 0 bridgehead atoms. The lowest BCUT2D eigenvalue weighted by Crippen LogP contribution is -1.99. The number of esters is 1. The van der Waals surface area contributed by atoms with E-state index in [0.717, 1.165) is 51.4 Å². The van der Waals surface area contributed by atoms with Crippen molar-refractivity contribution in [2.45, 2.75) is 77.2 Å². The van der Waals surface area contributed by atoms with Crippen molar-refractivity contribution in [3.63, 3.8) is 0 Å². The highest BCUT2D eigenvalue weighted by Crippen LogP contribution is 2.09. The second kappa shape index (κ2) is 17.2. The first-order chi connectivity index (χ1) is 12.1. The van der Waals surface area contributed by atoms with Crippen molar-refractivity contribution < 1.29 is 19.4 Å². The van der Waals surface area contributed by atoms with Crippen LogP contribution in [0.15, 0.2) is 36.5 Å². The largest absolute Gasteiger partial charge is 0.469 e. The molecule has 1 unspecified atom stereocenters. The molecule has 0 aliphatic heterocycles. The molecular formula is C21H34O4. The van der Waals surface area contributed by atoms with Crippen LogP contribution in [0.5, 0.6) is 0 Å². The fraction of sp³-hybridized carbons (Fsp3) is 0.619. The van der Waals surface area contributed by atoms with E-state index in [0.29, 0.717) is 12.8 Å². The van der Waals surface area contributed by atoms with Crippen LogP contribution in [-0.2, 0) is 14.3 Å². The highest BCUT2D eigenvalue weighted by atomic mass is 16.5. The Kier molecular flexibility index (Phi) is 16.0. The third kappa shape index (κ3) is 16.9. The first-order valence-corrected chi connectivity index (χ1v) is 9.39. The molecule has 4 heteroatoms. The van der Waals surface area contributed by atoms with E-state index in [1.165, 1.54) is 7.11 Å². The molecule has 142 valence electrons. The minimum atomic E-state index is -0.388. The molecule has 0 heterocycles. The topological polar surface area (TPSA) is 63.6 Å². The number of ether oxygens (including phenoxy) is 1. The highest BCUT2D eigenvalue weighted by molar-refractivity contribution is 5.89. The summed E-state index contributed by atoms with van der Waals surface area (Å²) in [4.78, 5) is 22.6. The van der Waals surface area contributed by atoms with Gasteiger partial charge in [0.2, 0.25) is 0 Å². The van der Waals surface area contributed by atoms with Gasteiger partial charge in [0.05, 0.1) is 13.2 Å². The van der Waals surface area contributed by atoms with E-state index in [4.69, 9.17) is 0 Å². The Morgan fingerprint density at radius 1 is 0.920 bits per heavy atom. The van der Waals surface area contributed by atoms with E-state index in [1.807, 2.05) is 13.0 Å². The lowest BCUT2D eigenvalue weighted by molar-refractivity contribution is -0.140. The van der Waals surface area contributed by atoms with Crippen molar-refractivity contribution >= 4 is 11.8 Å². The molecule has 1 atom stereocenters. The van der Waals surface area contributed by atoms with E-state index in [1.54, 1.807) is 30.4 Å². The zero-order chi connectivity index (χ0) is 18.8. The van der Waals surface area contributed by atoms with Crippen molar-refractivity contribution in [1.82, 2.24) is 0 Å². The van der Waals surface area contributed by atoms with Crippen molar-refractivity contribution in [3.05, 3.63) is 36.5 Å². The second-order valence-electron chi connectivity index (χ2n) is 6.15. The summed E-state index contributed by atoms with van der Waals surface area (Å²) in [5.74, 6) is 0.00407. The number of carbonyl (C=O) groups excluding carboxylic acids is 2. The third-order valence-electron chi connectivity index (χ3n) is 3.81. The van der Waals surface area contributed by atoms with Gasteiger partial charge in [-0.25, -0.2) is 0 Å². The van der Waals surface area contributed by atoms with Gasteiger partial charge < -0.3 is 9.84 Å². The van der Waals surface area contributed by atoms with Crippen molar-refractivity contribution in [2.75, 3.05) is 7.11 Å². The molecular weight excluding hydrogens is 316 g/mol. The number of ketones is 1. The van der Waals surface area contributed by atoms with Crippen molar-refractivity contribution in [3.8, 4) is 0 Å².